The zero-order valence-electron chi connectivity index (χ0n) is 12.9. The maximum atomic E-state index is 12.6. The lowest BCUT2D eigenvalue weighted by molar-refractivity contribution is -0.128. The van der Waals surface area contributed by atoms with Crippen LogP contribution in [0.15, 0.2) is 24.3 Å². The Balaban J connectivity index is 0.00000176. The molecular weight excluding hydrogens is 319 g/mol. The quantitative estimate of drug-likeness (QED) is 0.879. The van der Waals surface area contributed by atoms with E-state index < -0.39 is 0 Å². The fourth-order valence-corrected chi connectivity index (χ4v) is 3.67. The van der Waals surface area contributed by atoms with Gasteiger partial charge in [-0.05, 0) is 49.5 Å². The molecule has 0 spiro atoms. The Kier molecular flexibility index (Phi) is 5.76. The largest absolute Gasteiger partial charge is 0.346 e. The molecule has 1 aliphatic heterocycles. The van der Waals surface area contributed by atoms with Gasteiger partial charge < -0.3 is 10.6 Å². The predicted molar refractivity (Wildman–Crippen MR) is 92.5 cm³/mol. The first kappa shape index (κ1) is 17.6. The second-order valence-corrected chi connectivity index (χ2v) is 6.93. The molecular formula is C17H24Cl2N2O. The van der Waals surface area contributed by atoms with E-state index in [4.69, 9.17) is 11.6 Å². The third-order valence-corrected chi connectivity index (χ3v) is 5.37. The monoisotopic (exact) mass is 342 g/mol. The van der Waals surface area contributed by atoms with Gasteiger partial charge in [0, 0.05) is 10.9 Å². The molecule has 1 saturated heterocycles. The van der Waals surface area contributed by atoms with E-state index in [2.05, 4.69) is 16.7 Å². The van der Waals surface area contributed by atoms with Gasteiger partial charge in [-0.2, -0.15) is 0 Å². The summed E-state index contributed by atoms with van der Waals surface area (Å²) < 4.78 is 0. The molecule has 3 rings (SSSR count). The number of nitrogens with one attached hydrogen (secondary N) is 2. The van der Waals surface area contributed by atoms with Crippen LogP contribution in [-0.2, 0) is 10.3 Å². The van der Waals surface area contributed by atoms with E-state index >= 15 is 0 Å². The topological polar surface area (TPSA) is 41.1 Å². The molecule has 3 nitrogen and oxygen atoms in total. The smallest absolute Gasteiger partial charge is 0.223 e. The van der Waals surface area contributed by atoms with Crippen LogP contribution < -0.4 is 10.6 Å². The Morgan fingerprint density at radius 2 is 2.05 bits per heavy atom. The summed E-state index contributed by atoms with van der Waals surface area (Å²) in [5, 5.41) is 7.34. The number of amides is 1. The third-order valence-electron chi connectivity index (χ3n) is 5.13. The van der Waals surface area contributed by atoms with Gasteiger partial charge in [-0.15, -0.1) is 12.4 Å². The molecule has 1 aromatic carbocycles. The van der Waals surface area contributed by atoms with Crippen molar-refractivity contribution in [1.29, 1.82) is 0 Å². The van der Waals surface area contributed by atoms with Gasteiger partial charge in [-0.25, -0.2) is 0 Å². The Bertz CT molecular complexity index is 525. The van der Waals surface area contributed by atoms with E-state index in [9.17, 15) is 4.79 Å². The summed E-state index contributed by atoms with van der Waals surface area (Å²) >= 11 is 6.15. The predicted octanol–water partition coefficient (Wildman–Crippen LogP) is 3.50. The summed E-state index contributed by atoms with van der Waals surface area (Å²) in [5.41, 5.74) is 0.938. The second kappa shape index (κ2) is 7.20. The number of benzene rings is 1. The maximum absolute atomic E-state index is 12.6. The maximum Gasteiger partial charge on any atom is 0.223 e. The van der Waals surface area contributed by atoms with Gasteiger partial charge in [0.2, 0.25) is 5.91 Å². The normalized spacial score (nSPS) is 21.5. The Morgan fingerprint density at radius 1 is 1.36 bits per heavy atom. The Labute approximate surface area is 143 Å². The number of carbonyl (C=O) groups is 1. The van der Waals surface area contributed by atoms with Gasteiger partial charge in [-0.3, -0.25) is 4.79 Å². The van der Waals surface area contributed by atoms with Crippen molar-refractivity contribution in [2.45, 2.75) is 38.1 Å². The summed E-state index contributed by atoms with van der Waals surface area (Å²) in [4.78, 5) is 12.6. The van der Waals surface area contributed by atoms with Crippen LogP contribution in [0.5, 0.6) is 0 Å². The van der Waals surface area contributed by atoms with E-state index in [1.54, 1.807) is 0 Å². The van der Waals surface area contributed by atoms with E-state index in [1.165, 1.54) is 0 Å². The van der Waals surface area contributed by atoms with Gasteiger partial charge in [0.1, 0.15) is 0 Å². The number of halogens is 2. The van der Waals surface area contributed by atoms with Crippen LogP contribution in [0.4, 0.5) is 0 Å². The van der Waals surface area contributed by atoms with Gasteiger partial charge in [-0.1, -0.05) is 43.5 Å². The number of rotatable bonds is 4. The molecule has 1 unspecified atom stereocenters. The number of hydrogen-bond acceptors (Lipinski definition) is 2. The van der Waals surface area contributed by atoms with Gasteiger partial charge in [0.15, 0.2) is 0 Å². The van der Waals surface area contributed by atoms with Crippen LogP contribution in [0, 0.1) is 11.8 Å². The van der Waals surface area contributed by atoms with Crippen LogP contribution in [0.25, 0.3) is 0 Å². The van der Waals surface area contributed by atoms with Crippen LogP contribution in [0.2, 0.25) is 5.02 Å². The summed E-state index contributed by atoms with van der Waals surface area (Å²) in [6, 6.07) is 7.96. The summed E-state index contributed by atoms with van der Waals surface area (Å²) in [6.07, 6.45) is 4.34. The van der Waals surface area contributed by atoms with Gasteiger partial charge in [0.05, 0.1) is 5.54 Å². The van der Waals surface area contributed by atoms with Gasteiger partial charge in [0.25, 0.3) is 0 Å². The summed E-state index contributed by atoms with van der Waals surface area (Å²) in [5.74, 6) is 0.731. The number of hydrogen-bond donors (Lipinski definition) is 2. The van der Waals surface area contributed by atoms with Crippen molar-refractivity contribution >= 4 is 29.9 Å². The van der Waals surface area contributed by atoms with Crippen molar-refractivity contribution in [3.05, 3.63) is 34.9 Å². The minimum absolute atomic E-state index is 0. The fraction of sp³-hybridized carbons (Fsp3) is 0.588. The first-order chi connectivity index (χ1) is 10.1. The second-order valence-electron chi connectivity index (χ2n) is 6.50. The first-order valence-electron chi connectivity index (χ1n) is 7.89. The van der Waals surface area contributed by atoms with Crippen LogP contribution in [-0.4, -0.2) is 19.0 Å². The molecule has 0 radical (unpaired) electrons. The molecule has 122 valence electrons. The molecule has 2 aliphatic rings. The molecule has 1 atom stereocenters. The molecule has 1 aliphatic carbocycles. The molecule has 22 heavy (non-hydrogen) atoms. The first-order valence-corrected chi connectivity index (χ1v) is 8.27. The summed E-state index contributed by atoms with van der Waals surface area (Å²) in [7, 11) is 0. The lowest BCUT2D eigenvalue weighted by Gasteiger charge is -2.36. The molecule has 1 aromatic rings. The highest BCUT2D eigenvalue weighted by Crippen LogP contribution is 2.40. The SMILES string of the molecule is CC(C(=O)NC1(c2cccc(Cl)c2)CCCC1)C1CNC1.Cl. The van der Waals surface area contributed by atoms with Gasteiger partial charge >= 0.3 is 0 Å². The average Bonchev–Trinajstić information content (AvgIpc) is 2.86. The van der Waals surface area contributed by atoms with Crippen LogP contribution >= 0.6 is 24.0 Å². The summed E-state index contributed by atoms with van der Waals surface area (Å²) in [6.45, 7) is 3.96. The zero-order chi connectivity index (χ0) is 14.9. The van der Waals surface area contributed by atoms with E-state index in [1.807, 2.05) is 25.1 Å². The molecule has 1 amide bonds. The Morgan fingerprint density at radius 3 is 2.59 bits per heavy atom. The lowest BCUT2D eigenvalue weighted by Crippen LogP contribution is -2.53. The van der Waals surface area contributed by atoms with Crippen molar-refractivity contribution in [3.63, 3.8) is 0 Å². The molecule has 0 bridgehead atoms. The molecule has 5 heteroatoms. The van der Waals surface area contributed by atoms with Crippen molar-refractivity contribution in [2.75, 3.05) is 13.1 Å². The van der Waals surface area contributed by atoms with Crippen molar-refractivity contribution in [3.8, 4) is 0 Å². The van der Waals surface area contributed by atoms with Crippen molar-refractivity contribution in [1.82, 2.24) is 10.6 Å². The Hall–Kier alpha value is -0.770. The van der Waals surface area contributed by atoms with Crippen LogP contribution in [0.1, 0.15) is 38.2 Å². The standard InChI is InChI=1S/C17H23ClN2O.ClH/c1-12(13-10-19-11-13)16(21)20-17(7-2-3-8-17)14-5-4-6-15(18)9-14;/h4-6,9,12-13,19H,2-3,7-8,10-11H2,1H3,(H,20,21);1H. The molecule has 2 fully saturated rings. The third kappa shape index (κ3) is 3.42. The lowest BCUT2D eigenvalue weighted by atomic mass is 9.84. The molecule has 0 aromatic heterocycles. The highest BCUT2D eigenvalue weighted by atomic mass is 35.5. The molecule has 1 heterocycles. The number of carbonyl (C=O) groups excluding carboxylic acids is 1. The fourth-order valence-electron chi connectivity index (χ4n) is 3.48. The van der Waals surface area contributed by atoms with E-state index in [0.29, 0.717) is 5.92 Å². The molecule has 1 saturated carbocycles. The highest BCUT2D eigenvalue weighted by molar-refractivity contribution is 6.30. The minimum Gasteiger partial charge on any atom is -0.346 e. The van der Waals surface area contributed by atoms with Crippen molar-refractivity contribution < 1.29 is 4.79 Å². The van der Waals surface area contributed by atoms with E-state index in [-0.39, 0.29) is 29.8 Å². The highest BCUT2D eigenvalue weighted by Gasteiger charge is 2.39. The zero-order valence-corrected chi connectivity index (χ0v) is 14.5. The van der Waals surface area contributed by atoms with E-state index in [0.717, 1.165) is 49.4 Å². The minimum atomic E-state index is -0.215. The van der Waals surface area contributed by atoms with Crippen molar-refractivity contribution in [2.24, 2.45) is 11.8 Å². The molecule has 2 N–H and O–H groups in total. The van der Waals surface area contributed by atoms with Crippen LogP contribution in [0.3, 0.4) is 0 Å². The average molecular weight is 343 g/mol.